The normalized spacial score (nSPS) is 10.6. The molecule has 0 atom stereocenters. The minimum atomic E-state index is 0.767. The molecule has 0 aliphatic rings. The molecule has 2 heterocycles. The lowest BCUT2D eigenvalue weighted by atomic mass is 10.3. The summed E-state index contributed by atoms with van der Waals surface area (Å²) in [5, 5.41) is 11.6. The van der Waals surface area contributed by atoms with Gasteiger partial charge in [-0.1, -0.05) is 0 Å². The molecule has 0 aliphatic carbocycles. The molecule has 0 radical (unpaired) electrons. The molecule has 15 heavy (non-hydrogen) atoms. The van der Waals surface area contributed by atoms with Crippen LogP contribution >= 0.6 is 0 Å². The van der Waals surface area contributed by atoms with Crippen molar-refractivity contribution in [2.24, 2.45) is 14.1 Å². The topological polar surface area (TPSA) is 47.7 Å². The fourth-order valence-electron chi connectivity index (χ4n) is 1.43. The summed E-state index contributed by atoms with van der Waals surface area (Å²) in [4.78, 5) is 0. The van der Waals surface area contributed by atoms with E-state index in [4.69, 9.17) is 0 Å². The van der Waals surface area contributed by atoms with E-state index in [0.29, 0.717) is 0 Å². The van der Waals surface area contributed by atoms with Crippen LogP contribution in [0.2, 0.25) is 0 Å². The second kappa shape index (κ2) is 3.76. The molecule has 0 bridgehead atoms. The maximum Gasteiger partial charge on any atom is 0.0759 e. The lowest BCUT2D eigenvalue weighted by molar-refractivity contribution is 0.719. The Balaban J connectivity index is 2.05. The Morgan fingerprint density at radius 1 is 1.27 bits per heavy atom. The summed E-state index contributed by atoms with van der Waals surface area (Å²) in [6.07, 6.45) is 3.64. The third-order valence-electron chi connectivity index (χ3n) is 2.62. The molecular weight excluding hydrogens is 190 g/mol. The van der Waals surface area contributed by atoms with Crippen molar-refractivity contribution in [3.63, 3.8) is 0 Å². The van der Waals surface area contributed by atoms with E-state index in [9.17, 15) is 0 Å². The summed E-state index contributed by atoms with van der Waals surface area (Å²) in [5.74, 6) is 0. The molecule has 2 aromatic heterocycles. The first-order chi connectivity index (χ1) is 7.18. The van der Waals surface area contributed by atoms with Gasteiger partial charge in [-0.05, 0) is 13.0 Å². The van der Waals surface area contributed by atoms with Gasteiger partial charge in [-0.3, -0.25) is 9.36 Å². The van der Waals surface area contributed by atoms with E-state index in [2.05, 4.69) is 15.5 Å². The smallest absolute Gasteiger partial charge is 0.0759 e. The Bertz CT molecular complexity index is 454. The minimum Gasteiger partial charge on any atom is -0.377 e. The maximum absolute atomic E-state index is 4.17. The van der Waals surface area contributed by atoms with Crippen molar-refractivity contribution >= 4 is 5.69 Å². The Hall–Kier alpha value is -1.78. The molecule has 0 spiro atoms. The Morgan fingerprint density at radius 2 is 2.07 bits per heavy atom. The second-order valence-corrected chi connectivity index (χ2v) is 3.57. The van der Waals surface area contributed by atoms with Crippen LogP contribution in [0.15, 0.2) is 18.5 Å². The van der Waals surface area contributed by atoms with Gasteiger partial charge >= 0.3 is 0 Å². The van der Waals surface area contributed by atoms with Crippen molar-refractivity contribution in [1.82, 2.24) is 19.6 Å². The van der Waals surface area contributed by atoms with Gasteiger partial charge in [0, 0.05) is 20.3 Å². The number of hydrogen-bond acceptors (Lipinski definition) is 3. The first kappa shape index (κ1) is 9.76. The van der Waals surface area contributed by atoms with Crippen molar-refractivity contribution in [3.05, 3.63) is 29.8 Å². The second-order valence-electron chi connectivity index (χ2n) is 3.57. The molecule has 0 fully saturated rings. The Labute approximate surface area is 88.7 Å². The number of nitrogens with one attached hydrogen (secondary N) is 1. The average molecular weight is 205 g/mol. The van der Waals surface area contributed by atoms with Crippen LogP contribution in [0.5, 0.6) is 0 Å². The first-order valence-electron chi connectivity index (χ1n) is 4.88. The summed E-state index contributed by atoms with van der Waals surface area (Å²) in [6.45, 7) is 2.81. The molecule has 1 N–H and O–H groups in total. The number of anilines is 1. The van der Waals surface area contributed by atoms with Gasteiger partial charge in [0.05, 0.1) is 29.8 Å². The molecule has 0 aromatic carbocycles. The standard InChI is InChI=1S/C10H15N5/c1-8-10(7-13-14(8)2)11-6-9-4-5-12-15(9)3/h4-5,7,11H,6H2,1-3H3. The SMILES string of the molecule is Cc1c(NCc2ccnn2C)cnn1C. The van der Waals surface area contributed by atoms with Gasteiger partial charge in [-0.25, -0.2) is 0 Å². The van der Waals surface area contributed by atoms with E-state index in [1.54, 1.807) is 6.20 Å². The van der Waals surface area contributed by atoms with Crippen LogP contribution in [-0.2, 0) is 20.6 Å². The summed E-state index contributed by atoms with van der Waals surface area (Å²) < 4.78 is 3.71. The summed E-state index contributed by atoms with van der Waals surface area (Å²) in [7, 11) is 3.87. The molecule has 80 valence electrons. The monoisotopic (exact) mass is 205 g/mol. The highest BCUT2D eigenvalue weighted by molar-refractivity contribution is 5.45. The Kier molecular flexibility index (Phi) is 2.45. The average Bonchev–Trinajstić information content (AvgIpc) is 2.74. The quantitative estimate of drug-likeness (QED) is 0.815. The molecule has 0 saturated heterocycles. The molecule has 5 nitrogen and oxygen atoms in total. The summed E-state index contributed by atoms with van der Waals surface area (Å²) >= 11 is 0. The molecule has 2 rings (SSSR count). The van der Waals surface area contributed by atoms with Gasteiger partial charge in [0.15, 0.2) is 0 Å². The van der Waals surface area contributed by atoms with Crippen LogP contribution in [0.4, 0.5) is 5.69 Å². The number of hydrogen-bond donors (Lipinski definition) is 1. The molecule has 0 saturated carbocycles. The predicted molar refractivity (Wildman–Crippen MR) is 58.5 cm³/mol. The molecule has 5 heteroatoms. The van der Waals surface area contributed by atoms with Crippen molar-refractivity contribution in [1.29, 1.82) is 0 Å². The highest BCUT2D eigenvalue weighted by atomic mass is 15.3. The van der Waals surface area contributed by atoms with Crippen LogP contribution in [0.25, 0.3) is 0 Å². The van der Waals surface area contributed by atoms with Crippen molar-refractivity contribution in [2.45, 2.75) is 13.5 Å². The number of nitrogens with zero attached hydrogens (tertiary/aromatic N) is 4. The van der Waals surface area contributed by atoms with E-state index in [1.165, 1.54) is 0 Å². The molecule has 0 aliphatic heterocycles. The number of aryl methyl sites for hydroxylation is 2. The zero-order valence-electron chi connectivity index (χ0n) is 9.23. The van der Waals surface area contributed by atoms with Crippen molar-refractivity contribution < 1.29 is 0 Å². The third kappa shape index (κ3) is 1.86. The van der Waals surface area contributed by atoms with Crippen LogP contribution in [-0.4, -0.2) is 19.6 Å². The summed E-state index contributed by atoms with van der Waals surface area (Å²) in [5.41, 5.74) is 3.36. The van der Waals surface area contributed by atoms with Crippen LogP contribution in [0.1, 0.15) is 11.4 Å². The molecule has 0 amide bonds. The lowest BCUT2D eigenvalue weighted by Gasteiger charge is -2.05. The summed E-state index contributed by atoms with van der Waals surface area (Å²) in [6, 6.07) is 2.00. The molecule has 2 aromatic rings. The predicted octanol–water partition coefficient (Wildman–Crippen LogP) is 1.07. The lowest BCUT2D eigenvalue weighted by Crippen LogP contribution is -2.06. The maximum atomic E-state index is 4.17. The minimum absolute atomic E-state index is 0.767. The van der Waals surface area contributed by atoms with Crippen molar-refractivity contribution in [2.75, 3.05) is 5.32 Å². The van der Waals surface area contributed by atoms with Crippen LogP contribution < -0.4 is 5.32 Å². The fraction of sp³-hybridized carbons (Fsp3) is 0.400. The van der Waals surface area contributed by atoms with Crippen molar-refractivity contribution in [3.8, 4) is 0 Å². The van der Waals surface area contributed by atoms with E-state index in [0.717, 1.165) is 23.6 Å². The van der Waals surface area contributed by atoms with E-state index >= 15 is 0 Å². The van der Waals surface area contributed by atoms with E-state index in [-0.39, 0.29) is 0 Å². The van der Waals surface area contributed by atoms with Gasteiger partial charge < -0.3 is 5.32 Å². The van der Waals surface area contributed by atoms with Gasteiger partial charge in [-0.2, -0.15) is 10.2 Å². The molecule has 0 unspecified atom stereocenters. The van der Waals surface area contributed by atoms with Crippen LogP contribution in [0, 0.1) is 6.92 Å². The zero-order valence-corrected chi connectivity index (χ0v) is 9.23. The largest absolute Gasteiger partial charge is 0.377 e. The molecular formula is C10H15N5. The first-order valence-corrected chi connectivity index (χ1v) is 4.88. The van der Waals surface area contributed by atoms with Gasteiger partial charge in [0.25, 0.3) is 0 Å². The van der Waals surface area contributed by atoms with Gasteiger partial charge in [0.2, 0.25) is 0 Å². The van der Waals surface area contributed by atoms with Gasteiger partial charge in [0.1, 0.15) is 0 Å². The Morgan fingerprint density at radius 3 is 2.60 bits per heavy atom. The zero-order chi connectivity index (χ0) is 10.8. The highest BCUT2D eigenvalue weighted by Gasteiger charge is 2.03. The van der Waals surface area contributed by atoms with E-state index < -0.39 is 0 Å². The fourth-order valence-corrected chi connectivity index (χ4v) is 1.43. The van der Waals surface area contributed by atoms with E-state index in [1.807, 2.05) is 42.6 Å². The number of aromatic nitrogens is 4. The highest BCUT2D eigenvalue weighted by Crippen LogP contribution is 2.13. The van der Waals surface area contributed by atoms with Gasteiger partial charge in [-0.15, -0.1) is 0 Å². The van der Waals surface area contributed by atoms with Crippen LogP contribution in [0.3, 0.4) is 0 Å². The third-order valence-corrected chi connectivity index (χ3v) is 2.62. The number of rotatable bonds is 3.